The van der Waals surface area contributed by atoms with E-state index in [-0.39, 0.29) is 24.1 Å². The number of carbonyl (C=O) groups excluding carboxylic acids is 2. The first kappa shape index (κ1) is 10.9. The van der Waals surface area contributed by atoms with Crippen molar-refractivity contribution in [2.24, 2.45) is 5.92 Å². The van der Waals surface area contributed by atoms with Gasteiger partial charge in [-0.05, 0) is 18.9 Å². The van der Waals surface area contributed by atoms with Gasteiger partial charge in [0.1, 0.15) is 0 Å². The molecule has 1 unspecified atom stereocenters. The summed E-state index contributed by atoms with van der Waals surface area (Å²) < 4.78 is 4.86. The Morgan fingerprint density at radius 1 is 1.44 bits per heavy atom. The number of esters is 1. The Labute approximate surface area is 94.4 Å². The summed E-state index contributed by atoms with van der Waals surface area (Å²) in [4.78, 5) is 23.2. The molecule has 1 aliphatic carbocycles. The lowest BCUT2D eigenvalue weighted by molar-refractivity contribution is -0.143. The largest absolute Gasteiger partial charge is 0.466 e. The Kier molecular flexibility index (Phi) is 3.04. The molecule has 0 bridgehead atoms. The van der Waals surface area contributed by atoms with E-state index in [1.54, 1.807) is 6.92 Å². The van der Waals surface area contributed by atoms with E-state index >= 15 is 0 Å². The van der Waals surface area contributed by atoms with Crippen LogP contribution < -0.4 is 0 Å². The van der Waals surface area contributed by atoms with E-state index in [1.807, 2.05) is 24.3 Å². The molecular formula is C13H14O3. The average molecular weight is 218 g/mol. The molecular weight excluding hydrogens is 204 g/mol. The number of Topliss-reactive ketones (excluding diaryl/α,β-unsaturated/α-hetero) is 1. The van der Waals surface area contributed by atoms with Gasteiger partial charge in [-0.3, -0.25) is 9.59 Å². The summed E-state index contributed by atoms with van der Waals surface area (Å²) in [5.41, 5.74) is 1.80. The second-order valence-corrected chi connectivity index (χ2v) is 3.93. The van der Waals surface area contributed by atoms with Gasteiger partial charge in [0.2, 0.25) is 0 Å². The zero-order valence-electron chi connectivity index (χ0n) is 9.23. The Morgan fingerprint density at radius 2 is 2.19 bits per heavy atom. The third kappa shape index (κ3) is 1.98. The summed E-state index contributed by atoms with van der Waals surface area (Å²) in [5.74, 6) is -0.436. The Bertz CT molecular complexity index is 423. The molecule has 0 spiro atoms. The third-order valence-corrected chi connectivity index (χ3v) is 2.84. The van der Waals surface area contributed by atoms with Crippen LogP contribution in [0.5, 0.6) is 0 Å². The zero-order chi connectivity index (χ0) is 11.5. The van der Waals surface area contributed by atoms with E-state index in [4.69, 9.17) is 4.74 Å². The molecule has 0 heterocycles. The first-order chi connectivity index (χ1) is 7.72. The molecule has 1 aromatic carbocycles. The maximum atomic E-state index is 11.9. The molecule has 1 atom stereocenters. The van der Waals surface area contributed by atoms with Crippen LogP contribution in [0.25, 0.3) is 0 Å². The number of benzene rings is 1. The summed E-state index contributed by atoms with van der Waals surface area (Å²) >= 11 is 0. The second kappa shape index (κ2) is 4.47. The molecule has 16 heavy (non-hydrogen) atoms. The highest BCUT2D eigenvalue weighted by Gasteiger charge is 2.31. The zero-order valence-corrected chi connectivity index (χ0v) is 9.23. The minimum atomic E-state index is -0.284. The highest BCUT2D eigenvalue weighted by atomic mass is 16.5. The topological polar surface area (TPSA) is 43.4 Å². The highest BCUT2D eigenvalue weighted by molar-refractivity contribution is 6.03. The molecule has 2 rings (SSSR count). The van der Waals surface area contributed by atoms with Crippen LogP contribution in [0.3, 0.4) is 0 Å². The third-order valence-electron chi connectivity index (χ3n) is 2.84. The molecule has 0 N–H and O–H groups in total. The van der Waals surface area contributed by atoms with E-state index in [0.29, 0.717) is 13.0 Å². The maximum Gasteiger partial charge on any atom is 0.306 e. The molecule has 0 radical (unpaired) electrons. The van der Waals surface area contributed by atoms with Crippen LogP contribution in [0.4, 0.5) is 0 Å². The lowest BCUT2D eigenvalue weighted by Crippen LogP contribution is -2.16. The molecule has 0 aromatic heterocycles. The van der Waals surface area contributed by atoms with Gasteiger partial charge in [0, 0.05) is 11.5 Å². The smallest absolute Gasteiger partial charge is 0.306 e. The summed E-state index contributed by atoms with van der Waals surface area (Å²) in [6.07, 6.45) is 0.856. The van der Waals surface area contributed by atoms with Gasteiger partial charge in [-0.15, -0.1) is 0 Å². The number of hydrogen-bond donors (Lipinski definition) is 0. The van der Waals surface area contributed by atoms with Gasteiger partial charge in [0.25, 0.3) is 0 Å². The molecule has 3 nitrogen and oxygen atoms in total. The van der Waals surface area contributed by atoms with Crippen molar-refractivity contribution in [2.75, 3.05) is 6.61 Å². The molecule has 0 aliphatic heterocycles. The summed E-state index contributed by atoms with van der Waals surface area (Å²) in [7, 11) is 0. The lowest BCUT2D eigenvalue weighted by atomic mass is 10.0. The van der Waals surface area contributed by atoms with E-state index in [9.17, 15) is 9.59 Å². The van der Waals surface area contributed by atoms with Gasteiger partial charge in [-0.2, -0.15) is 0 Å². The predicted molar refractivity (Wildman–Crippen MR) is 59.2 cm³/mol. The van der Waals surface area contributed by atoms with Crippen LogP contribution in [-0.4, -0.2) is 18.4 Å². The minimum Gasteiger partial charge on any atom is -0.466 e. The Balaban J connectivity index is 2.07. The molecule has 1 aliphatic rings. The SMILES string of the molecule is CCOC(=O)CC1Cc2ccccc2C1=O. The number of ether oxygens (including phenoxy) is 1. The monoisotopic (exact) mass is 218 g/mol. The van der Waals surface area contributed by atoms with Crippen molar-refractivity contribution in [1.82, 2.24) is 0 Å². The van der Waals surface area contributed by atoms with E-state index < -0.39 is 0 Å². The van der Waals surface area contributed by atoms with E-state index in [2.05, 4.69) is 0 Å². The molecule has 0 amide bonds. The van der Waals surface area contributed by atoms with Gasteiger partial charge < -0.3 is 4.74 Å². The Morgan fingerprint density at radius 3 is 2.88 bits per heavy atom. The number of rotatable bonds is 3. The molecule has 84 valence electrons. The van der Waals surface area contributed by atoms with Crippen LogP contribution in [0.15, 0.2) is 24.3 Å². The molecule has 0 fully saturated rings. The number of fused-ring (bicyclic) bond motifs is 1. The van der Waals surface area contributed by atoms with Gasteiger partial charge in [0.15, 0.2) is 5.78 Å². The van der Waals surface area contributed by atoms with Crippen molar-refractivity contribution in [2.45, 2.75) is 19.8 Å². The van der Waals surface area contributed by atoms with E-state index in [1.165, 1.54) is 0 Å². The van der Waals surface area contributed by atoms with Crippen molar-refractivity contribution in [3.8, 4) is 0 Å². The Hall–Kier alpha value is -1.64. The number of ketones is 1. The molecule has 1 aromatic rings. The van der Waals surface area contributed by atoms with Crippen molar-refractivity contribution in [3.05, 3.63) is 35.4 Å². The number of carbonyl (C=O) groups is 2. The van der Waals surface area contributed by atoms with Crippen LogP contribution >= 0.6 is 0 Å². The van der Waals surface area contributed by atoms with E-state index in [0.717, 1.165) is 11.1 Å². The summed E-state index contributed by atoms with van der Waals surface area (Å²) in [6, 6.07) is 7.53. The number of hydrogen-bond acceptors (Lipinski definition) is 3. The van der Waals surface area contributed by atoms with Gasteiger partial charge >= 0.3 is 5.97 Å². The molecule has 0 saturated carbocycles. The normalized spacial score (nSPS) is 18.3. The first-order valence-electron chi connectivity index (χ1n) is 5.50. The van der Waals surface area contributed by atoms with Crippen molar-refractivity contribution >= 4 is 11.8 Å². The fourth-order valence-electron chi connectivity index (χ4n) is 2.10. The van der Waals surface area contributed by atoms with Crippen LogP contribution in [0, 0.1) is 5.92 Å². The van der Waals surface area contributed by atoms with Crippen molar-refractivity contribution < 1.29 is 14.3 Å². The minimum absolute atomic E-state index is 0.0728. The van der Waals surface area contributed by atoms with Crippen LogP contribution in [0.2, 0.25) is 0 Å². The fraction of sp³-hybridized carbons (Fsp3) is 0.385. The highest BCUT2D eigenvalue weighted by Crippen LogP contribution is 2.28. The van der Waals surface area contributed by atoms with Gasteiger partial charge in [0.05, 0.1) is 13.0 Å². The fourth-order valence-corrected chi connectivity index (χ4v) is 2.10. The van der Waals surface area contributed by atoms with Gasteiger partial charge in [-0.25, -0.2) is 0 Å². The molecule has 3 heteroatoms. The quantitative estimate of drug-likeness (QED) is 0.729. The van der Waals surface area contributed by atoms with Gasteiger partial charge in [-0.1, -0.05) is 24.3 Å². The van der Waals surface area contributed by atoms with Crippen LogP contribution in [0.1, 0.15) is 29.3 Å². The summed E-state index contributed by atoms with van der Waals surface area (Å²) in [5, 5.41) is 0. The second-order valence-electron chi connectivity index (χ2n) is 3.93. The van der Waals surface area contributed by atoms with Crippen molar-refractivity contribution in [3.63, 3.8) is 0 Å². The first-order valence-corrected chi connectivity index (χ1v) is 5.50. The average Bonchev–Trinajstić information content (AvgIpc) is 2.57. The predicted octanol–water partition coefficient (Wildman–Crippen LogP) is 1.99. The van der Waals surface area contributed by atoms with Crippen LogP contribution in [-0.2, 0) is 16.0 Å². The standard InChI is InChI=1S/C13H14O3/c1-2-16-12(14)8-10-7-9-5-3-4-6-11(9)13(10)15/h3-6,10H,2,7-8H2,1H3. The maximum absolute atomic E-state index is 11.9. The molecule has 0 saturated heterocycles. The van der Waals surface area contributed by atoms with Crippen molar-refractivity contribution in [1.29, 1.82) is 0 Å². The lowest BCUT2D eigenvalue weighted by Gasteiger charge is -2.06. The summed E-state index contributed by atoms with van der Waals surface area (Å²) in [6.45, 7) is 2.13.